The number of nitrogens with zero attached hydrogens (tertiary/aromatic N) is 4. The Morgan fingerprint density at radius 3 is 2.86 bits per heavy atom. The predicted octanol–water partition coefficient (Wildman–Crippen LogP) is 3.95. The number of hydrogen-bond acceptors (Lipinski definition) is 7. The first-order valence-electron chi connectivity index (χ1n) is 9.73. The summed E-state index contributed by atoms with van der Waals surface area (Å²) in [6.07, 6.45) is 3.98. The van der Waals surface area contributed by atoms with Crippen molar-refractivity contribution in [2.45, 2.75) is 45.6 Å². The van der Waals surface area contributed by atoms with E-state index in [1.54, 1.807) is 11.0 Å². The zero-order chi connectivity index (χ0) is 21.0. The number of nitro benzene ring substituents is 1. The van der Waals surface area contributed by atoms with Gasteiger partial charge in [0.15, 0.2) is 0 Å². The number of carbonyl (C=O) groups is 1. The molecule has 1 aromatic heterocycles. The number of ether oxygens (including phenoxy) is 2. The van der Waals surface area contributed by atoms with Crippen molar-refractivity contribution in [1.29, 1.82) is 0 Å². The third kappa shape index (κ3) is 5.75. The van der Waals surface area contributed by atoms with Gasteiger partial charge in [0.25, 0.3) is 5.69 Å². The molecule has 3 rings (SSSR count). The number of likely N-dealkylation sites (tertiary alicyclic amines) is 1. The fourth-order valence-corrected chi connectivity index (χ4v) is 3.29. The second-order valence-electron chi connectivity index (χ2n) is 8.21. The molecule has 1 fully saturated rings. The normalized spacial score (nSPS) is 17.2. The van der Waals surface area contributed by atoms with E-state index in [2.05, 4.69) is 9.97 Å². The highest BCUT2D eigenvalue weighted by Gasteiger charge is 2.27. The molecule has 156 valence electrons. The van der Waals surface area contributed by atoms with Crippen LogP contribution in [0, 0.1) is 16.0 Å². The molecule has 0 unspecified atom stereocenters. The summed E-state index contributed by atoms with van der Waals surface area (Å²) in [6, 6.07) is 4.35. The zero-order valence-corrected chi connectivity index (χ0v) is 17.0. The molecule has 0 aliphatic carbocycles. The van der Waals surface area contributed by atoms with Crippen LogP contribution >= 0.6 is 0 Å². The van der Waals surface area contributed by atoms with Crippen LogP contribution in [0.2, 0.25) is 0 Å². The van der Waals surface area contributed by atoms with Crippen molar-refractivity contribution in [3.63, 3.8) is 0 Å². The zero-order valence-electron chi connectivity index (χ0n) is 17.0. The lowest BCUT2D eigenvalue weighted by molar-refractivity contribution is -0.384. The van der Waals surface area contributed by atoms with Crippen LogP contribution in [0.15, 0.2) is 24.4 Å². The van der Waals surface area contributed by atoms with Crippen LogP contribution in [0.4, 0.5) is 10.5 Å². The van der Waals surface area contributed by atoms with E-state index >= 15 is 0 Å². The molecule has 2 heterocycles. The molecule has 1 aliphatic rings. The molecule has 1 aromatic carbocycles. The number of rotatable bonds is 5. The average Bonchev–Trinajstić information content (AvgIpc) is 2.66. The van der Waals surface area contributed by atoms with Crippen LogP contribution in [0.25, 0.3) is 11.0 Å². The summed E-state index contributed by atoms with van der Waals surface area (Å²) in [5.41, 5.74) is 0.475. The summed E-state index contributed by atoms with van der Waals surface area (Å²) >= 11 is 0. The van der Waals surface area contributed by atoms with Gasteiger partial charge in [0.1, 0.15) is 5.60 Å². The maximum absolute atomic E-state index is 12.3. The van der Waals surface area contributed by atoms with Gasteiger partial charge in [-0.3, -0.25) is 10.1 Å². The first-order valence-corrected chi connectivity index (χ1v) is 9.73. The number of nitro groups is 1. The molecule has 1 saturated heterocycles. The smallest absolute Gasteiger partial charge is 0.410 e. The number of fused-ring (bicyclic) bond motifs is 1. The second-order valence-corrected chi connectivity index (χ2v) is 8.21. The van der Waals surface area contributed by atoms with Gasteiger partial charge in [-0.05, 0) is 52.0 Å². The Morgan fingerprint density at radius 1 is 1.34 bits per heavy atom. The molecule has 0 saturated carbocycles. The Labute approximate surface area is 169 Å². The minimum absolute atomic E-state index is 0.0210. The van der Waals surface area contributed by atoms with Gasteiger partial charge in [0.05, 0.1) is 28.8 Å². The minimum atomic E-state index is -0.498. The highest BCUT2D eigenvalue weighted by Crippen LogP contribution is 2.23. The van der Waals surface area contributed by atoms with Crippen LogP contribution in [0.3, 0.4) is 0 Å². The number of hydrogen-bond donors (Lipinski definition) is 0. The quantitative estimate of drug-likeness (QED) is 0.550. The molecule has 9 nitrogen and oxygen atoms in total. The van der Waals surface area contributed by atoms with Crippen LogP contribution in [-0.4, -0.2) is 51.2 Å². The van der Waals surface area contributed by atoms with Crippen LogP contribution < -0.4 is 4.74 Å². The van der Waals surface area contributed by atoms with Crippen molar-refractivity contribution < 1.29 is 19.2 Å². The predicted molar refractivity (Wildman–Crippen MR) is 107 cm³/mol. The summed E-state index contributed by atoms with van der Waals surface area (Å²) in [5, 5.41) is 10.8. The van der Waals surface area contributed by atoms with Gasteiger partial charge in [-0.25, -0.2) is 14.8 Å². The highest BCUT2D eigenvalue weighted by molar-refractivity contribution is 5.77. The Morgan fingerprint density at radius 2 is 2.14 bits per heavy atom. The molecule has 29 heavy (non-hydrogen) atoms. The Kier molecular flexibility index (Phi) is 6.14. The molecular formula is C20H26N4O5. The van der Waals surface area contributed by atoms with Crippen molar-refractivity contribution in [3.8, 4) is 5.88 Å². The topological polar surface area (TPSA) is 108 Å². The molecule has 1 atom stereocenters. The lowest BCUT2D eigenvalue weighted by Gasteiger charge is -2.34. The number of benzene rings is 1. The maximum atomic E-state index is 12.3. The number of carbonyl (C=O) groups excluding carboxylic acids is 1. The van der Waals surface area contributed by atoms with E-state index < -0.39 is 10.5 Å². The minimum Gasteiger partial charge on any atom is -0.477 e. The summed E-state index contributed by atoms with van der Waals surface area (Å²) in [5.74, 6) is 0.721. The van der Waals surface area contributed by atoms with Crippen molar-refractivity contribution in [2.24, 2.45) is 5.92 Å². The average molecular weight is 402 g/mol. The lowest BCUT2D eigenvalue weighted by atomic mass is 9.95. The number of amides is 1. The SMILES string of the molecule is CC(C)(C)OC(=O)N1CCC[C@H](CCOc2cnc3cc([N+](=O)[O-])ccc3n2)C1. The van der Waals surface area contributed by atoms with Gasteiger partial charge < -0.3 is 14.4 Å². The molecule has 0 radical (unpaired) electrons. The van der Waals surface area contributed by atoms with Crippen LogP contribution in [0.1, 0.15) is 40.0 Å². The molecule has 1 aliphatic heterocycles. The number of piperidine rings is 1. The van der Waals surface area contributed by atoms with Crippen LogP contribution in [0.5, 0.6) is 5.88 Å². The first kappa shape index (κ1) is 20.8. The van der Waals surface area contributed by atoms with E-state index in [1.165, 1.54) is 18.3 Å². The third-order valence-electron chi connectivity index (χ3n) is 4.66. The van der Waals surface area contributed by atoms with Gasteiger partial charge in [-0.15, -0.1) is 0 Å². The van der Waals surface area contributed by atoms with Crippen LogP contribution in [-0.2, 0) is 4.74 Å². The van der Waals surface area contributed by atoms with Gasteiger partial charge in [0.2, 0.25) is 5.88 Å². The van der Waals surface area contributed by atoms with E-state index in [0.29, 0.717) is 42.5 Å². The Hall–Kier alpha value is -2.97. The third-order valence-corrected chi connectivity index (χ3v) is 4.66. The van der Waals surface area contributed by atoms with Gasteiger partial charge in [0, 0.05) is 25.2 Å². The fraction of sp³-hybridized carbons (Fsp3) is 0.550. The van der Waals surface area contributed by atoms with Crippen molar-refractivity contribution >= 4 is 22.8 Å². The summed E-state index contributed by atoms with van der Waals surface area (Å²) < 4.78 is 11.2. The molecule has 2 aromatic rings. The van der Waals surface area contributed by atoms with Gasteiger partial charge in [-0.2, -0.15) is 0 Å². The standard InChI is InChI=1S/C20H26N4O5/c1-20(2,3)29-19(25)23-9-4-5-14(13-23)8-10-28-18-12-21-17-11-15(24(26)27)6-7-16(17)22-18/h6-7,11-12,14H,4-5,8-10,13H2,1-3H3/t14-/m1/s1. The molecule has 9 heteroatoms. The Balaban J connectivity index is 1.52. The highest BCUT2D eigenvalue weighted by atomic mass is 16.6. The van der Waals surface area contributed by atoms with Crippen molar-refractivity contribution in [1.82, 2.24) is 14.9 Å². The molecule has 0 bridgehead atoms. The van der Waals surface area contributed by atoms with Gasteiger partial charge >= 0.3 is 6.09 Å². The number of aromatic nitrogens is 2. The van der Waals surface area contributed by atoms with Crippen molar-refractivity contribution in [2.75, 3.05) is 19.7 Å². The lowest BCUT2D eigenvalue weighted by Crippen LogP contribution is -2.43. The van der Waals surface area contributed by atoms with E-state index in [-0.39, 0.29) is 11.8 Å². The Bertz CT molecular complexity index is 896. The summed E-state index contributed by atoms with van der Waals surface area (Å²) in [4.78, 5) is 32.9. The van der Waals surface area contributed by atoms with E-state index in [1.807, 2.05) is 20.8 Å². The van der Waals surface area contributed by atoms with Crippen molar-refractivity contribution in [3.05, 3.63) is 34.5 Å². The fourth-order valence-electron chi connectivity index (χ4n) is 3.29. The molecule has 0 N–H and O–H groups in total. The first-order chi connectivity index (χ1) is 13.7. The summed E-state index contributed by atoms with van der Waals surface area (Å²) in [7, 11) is 0. The number of non-ortho nitro benzene ring substituents is 1. The second kappa shape index (κ2) is 8.59. The van der Waals surface area contributed by atoms with E-state index in [0.717, 1.165) is 19.3 Å². The molecular weight excluding hydrogens is 376 g/mol. The van der Waals surface area contributed by atoms with E-state index in [4.69, 9.17) is 9.47 Å². The summed E-state index contributed by atoms with van der Waals surface area (Å²) in [6.45, 7) is 7.43. The monoisotopic (exact) mass is 402 g/mol. The maximum Gasteiger partial charge on any atom is 0.410 e. The van der Waals surface area contributed by atoms with Gasteiger partial charge in [-0.1, -0.05) is 0 Å². The molecule has 1 amide bonds. The largest absolute Gasteiger partial charge is 0.477 e. The van der Waals surface area contributed by atoms with E-state index in [9.17, 15) is 14.9 Å². The molecule has 0 spiro atoms.